The Kier molecular flexibility index (Phi) is 3.96. The first-order valence-electron chi connectivity index (χ1n) is 4.44. The molecule has 0 amide bonds. The van der Waals surface area contributed by atoms with Crippen molar-refractivity contribution in [1.82, 2.24) is 4.90 Å². The summed E-state index contributed by atoms with van der Waals surface area (Å²) in [5.74, 6) is 0.854. The van der Waals surface area contributed by atoms with Crippen LogP contribution in [0.3, 0.4) is 0 Å². The molecule has 1 rings (SSSR count). The van der Waals surface area contributed by atoms with E-state index >= 15 is 0 Å². The average Bonchev–Trinajstić information content (AvgIpc) is 2.18. The first kappa shape index (κ1) is 10.6. The SMILES string of the molecule is COc1cccc(CN(C)CC#N)c1. The van der Waals surface area contributed by atoms with Gasteiger partial charge < -0.3 is 4.74 Å². The summed E-state index contributed by atoms with van der Waals surface area (Å²) in [5, 5.41) is 8.50. The predicted octanol–water partition coefficient (Wildman–Crippen LogP) is 1.65. The summed E-state index contributed by atoms with van der Waals surface area (Å²) >= 11 is 0. The second kappa shape index (κ2) is 5.25. The standard InChI is InChI=1S/C11H14N2O/c1-13(7-6-12)9-10-4-3-5-11(8-10)14-2/h3-5,8H,7,9H2,1-2H3. The third kappa shape index (κ3) is 3.08. The molecule has 0 atom stereocenters. The highest BCUT2D eigenvalue weighted by atomic mass is 16.5. The van der Waals surface area contributed by atoms with E-state index in [0.29, 0.717) is 6.54 Å². The minimum Gasteiger partial charge on any atom is -0.497 e. The molecule has 74 valence electrons. The van der Waals surface area contributed by atoms with Crippen LogP contribution in [0.5, 0.6) is 5.75 Å². The third-order valence-electron chi connectivity index (χ3n) is 1.93. The van der Waals surface area contributed by atoms with Crippen LogP contribution < -0.4 is 4.74 Å². The minimum absolute atomic E-state index is 0.442. The molecule has 0 fully saturated rings. The van der Waals surface area contributed by atoms with Gasteiger partial charge in [-0.25, -0.2) is 0 Å². The topological polar surface area (TPSA) is 36.3 Å². The number of benzene rings is 1. The van der Waals surface area contributed by atoms with Gasteiger partial charge in [0.25, 0.3) is 0 Å². The quantitative estimate of drug-likeness (QED) is 0.677. The monoisotopic (exact) mass is 190 g/mol. The van der Waals surface area contributed by atoms with E-state index in [1.807, 2.05) is 36.2 Å². The lowest BCUT2D eigenvalue weighted by Gasteiger charge is -2.12. The second-order valence-electron chi connectivity index (χ2n) is 3.18. The van der Waals surface area contributed by atoms with Gasteiger partial charge >= 0.3 is 0 Å². The molecule has 0 aliphatic carbocycles. The molecular weight excluding hydrogens is 176 g/mol. The normalized spacial score (nSPS) is 9.86. The largest absolute Gasteiger partial charge is 0.497 e. The molecule has 0 saturated heterocycles. The first-order chi connectivity index (χ1) is 6.76. The van der Waals surface area contributed by atoms with Crippen LogP contribution in [0.15, 0.2) is 24.3 Å². The molecule has 3 heteroatoms. The van der Waals surface area contributed by atoms with Crippen LogP contribution in [-0.4, -0.2) is 25.6 Å². The summed E-state index contributed by atoms with van der Waals surface area (Å²) < 4.78 is 5.11. The summed E-state index contributed by atoms with van der Waals surface area (Å²) in [6.45, 7) is 1.21. The molecule has 0 unspecified atom stereocenters. The van der Waals surface area contributed by atoms with Crippen LogP contribution in [0, 0.1) is 11.3 Å². The highest BCUT2D eigenvalue weighted by Gasteiger charge is 2.00. The molecule has 0 radical (unpaired) electrons. The minimum atomic E-state index is 0.442. The first-order valence-corrected chi connectivity index (χ1v) is 4.44. The highest BCUT2D eigenvalue weighted by Crippen LogP contribution is 2.13. The smallest absolute Gasteiger partial charge is 0.119 e. The molecule has 0 heterocycles. The van der Waals surface area contributed by atoms with Gasteiger partial charge in [0, 0.05) is 6.54 Å². The van der Waals surface area contributed by atoms with Gasteiger partial charge in [-0.2, -0.15) is 5.26 Å². The molecule has 0 aliphatic rings. The number of methoxy groups -OCH3 is 1. The molecular formula is C11H14N2O. The van der Waals surface area contributed by atoms with E-state index in [-0.39, 0.29) is 0 Å². The molecule has 1 aromatic carbocycles. The molecule has 0 N–H and O–H groups in total. The van der Waals surface area contributed by atoms with Gasteiger partial charge in [-0.15, -0.1) is 0 Å². The Balaban J connectivity index is 2.63. The molecule has 14 heavy (non-hydrogen) atoms. The van der Waals surface area contributed by atoms with Crippen LogP contribution in [0.25, 0.3) is 0 Å². The number of hydrogen-bond acceptors (Lipinski definition) is 3. The lowest BCUT2D eigenvalue weighted by Crippen LogP contribution is -2.17. The zero-order valence-electron chi connectivity index (χ0n) is 8.53. The number of ether oxygens (including phenoxy) is 1. The molecule has 3 nitrogen and oxygen atoms in total. The summed E-state index contributed by atoms with van der Waals surface area (Å²) in [6, 6.07) is 9.98. The van der Waals surface area contributed by atoms with Gasteiger partial charge in [-0.1, -0.05) is 12.1 Å². The van der Waals surface area contributed by atoms with Crippen molar-refractivity contribution >= 4 is 0 Å². The van der Waals surface area contributed by atoms with Crippen LogP contribution in [0.4, 0.5) is 0 Å². The maximum absolute atomic E-state index is 8.50. The molecule has 0 aromatic heterocycles. The highest BCUT2D eigenvalue weighted by molar-refractivity contribution is 5.28. The summed E-state index contributed by atoms with van der Waals surface area (Å²) in [5.41, 5.74) is 1.15. The number of rotatable bonds is 4. The summed E-state index contributed by atoms with van der Waals surface area (Å²) in [4.78, 5) is 1.95. The van der Waals surface area contributed by atoms with E-state index in [2.05, 4.69) is 6.07 Å². The lowest BCUT2D eigenvalue weighted by molar-refractivity contribution is 0.365. The maximum Gasteiger partial charge on any atom is 0.119 e. The number of hydrogen-bond donors (Lipinski definition) is 0. The van der Waals surface area contributed by atoms with Gasteiger partial charge in [0.05, 0.1) is 19.7 Å². The van der Waals surface area contributed by atoms with E-state index in [1.54, 1.807) is 7.11 Å². The van der Waals surface area contributed by atoms with Crippen molar-refractivity contribution in [3.05, 3.63) is 29.8 Å². The fourth-order valence-corrected chi connectivity index (χ4v) is 1.26. The zero-order valence-corrected chi connectivity index (χ0v) is 8.53. The van der Waals surface area contributed by atoms with E-state index in [9.17, 15) is 0 Å². The van der Waals surface area contributed by atoms with Gasteiger partial charge in [0.2, 0.25) is 0 Å². The molecule has 0 saturated carbocycles. The Labute approximate surface area is 84.5 Å². The van der Waals surface area contributed by atoms with Gasteiger partial charge in [0.1, 0.15) is 5.75 Å². The Morgan fingerprint density at radius 3 is 2.93 bits per heavy atom. The van der Waals surface area contributed by atoms with Gasteiger partial charge in [-0.05, 0) is 24.7 Å². The number of nitrogens with zero attached hydrogens (tertiary/aromatic N) is 2. The van der Waals surface area contributed by atoms with Gasteiger partial charge in [0.15, 0.2) is 0 Å². The van der Waals surface area contributed by atoms with Crippen LogP contribution in [-0.2, 0) is 6.54 Å². The summed E-state index contributed by atoms with van der Waals surface area (Å²) in [7, 11) is 3.57. The van der Waals surface area contributed by atoms with Crippen LogP contribution >= 0.6 is 0 Å². The van der Waals surface area contributed by atoms with Crippen molar-refractivity contribution in [2.75, 3.05) is 20.7 Å². The van der Waals surface area contributed by atoms with Crippen LogP contribution in [0.1, 0.15) is 5.56 Å². The maximum atomic E-state index is 8.50. The fraction of sp³-hybridized carbons (Fsp3) is 0.364. The van der Waals surface area contributed by atoms with E-state index in [1.165, 1.54) is 0 Å². The van der Waals surface area contributed by atoms with Crippen molar-refractivity contribution in [1.29, 1.82) is 5.26 Å². The summed E-state index contributed by atoms with van der Waals surface area (Å²) in [6.07, 6.45) is 0. The Morgan fingerprint density at radius 2 is 2.29 bits per heavy atom. The zero-order chi connectivity index (χ0) is 10.4. The van der Waals surface area contributed by atoms with Crippen LogP contribution in [0.2, 0.25) is 0 Å². The molecule has 0 bridgehead atoms. The Bertz CT molecular complexity index is 330. The number of nitriles is 1. The van der Waals surface area contributed by atoms with E-state index in [0.717, 1.165) is 17.9 Å². The molecule has 1 aromatic rings. The Morgan fingerprint density at radius 1 is 1.50 bits per heavy atom. The predicted molar refractivity (Wildman–Crippen MR) is 54.9 cm³/mol. The van der Waals surface area contributed by atoms with Crippen molar-refractivity contribution < 1.29 is 4.74 Å². The van der Waals surface area contributed by atoms with Crippen molar-refractivity contribution in [2.24, 2.45) is 0 Å². The van der Waals surface area contributed by atoms with Crippen molar-refractivity contribution in [2.45, 2.75) is 6.54 Å². The van der Waals surface area contributed by atoms with Crippen molar-refractivity contribution in [3.8, 4) is 11.8 Å². The fourth-order valence-electron chi connectivity index (χ4n) is 1.26. The van der Waals surface area contributed by atoms with E-state index < -0.39 is 0 Å². The van der Waals surface area contributed by atoms with E-state index in [4.69, 9.17) is 10.00 Å². The lowest BCUT2D eigenvalue weighted by atomic mass is 10.2. The molecule has 0 spiro atoms. The van der Waals surface area contributed by atoms with Gasteiger partial charge in [-0.3, -0.25) is 4.90 Å². The Hall–Kier alpha value is -1.53. The average molecular weight is 190 g/mol. The van der Waals surface area contributed by atoms with Crippen molar-refractivity contribution in [3.63, 3.8) is 0 Å². The third-order valence-corrected chi connectivity index (χ3v) is 1.93. The molecule has 0 aliphatic heterocycles. The second-order valence-corrected chi connectivity index (χ2v) is 3.18.